The van der Waals surface area contributed by atoms with Crippen molar-refractivity contribution in [2.75, 3.05) is 18.4 Å². The highest BCUT2D eigenvalue weighted by Crippen LogP contribution is 2.31. The average Bonchev–Trinajstić information content (AvgIpc) is 3.36. The normalized spacial score (nSPS) is 16.7. The van der Waals surface area contributed by atoms with Gasteiger partial charge in [0.2, 0.25) is 11.8 Å². The number of benzene rings is 2. The van der Waals surface area contributed by atoms with Crippen LogP contribution in [0.5, 0.6) is 0 Å². The van der Waals surface area contributed by atoms with E-state index in [9.17, 15) is 9.59 Å². The third-order valence-corrected chi connectivity index (χ3v) is 7.08. The summed E-state index contributed by atoms with van der Waals surface area (Å²) in [6.45, 7) is 3.53. The molecule has 2 aromatic rings. The number of nitrogens with one attached hydrogen (secondary N) is 1. The van der Waals surface area contributed by atoms with Gasteiger partial charge in [0.1, 0.15) is 0 Å². The first-order valence-corrected chi connectivity index (χ1v) is 12.5. The Bertz CT molecular complexity index is 1020. The Morgan fingerprint density at radius 3 is 2.48 bits per heavy atom. The molecule has 1 heterocycles. The number of hydrogen-bond donors (Lipinski definition) is 1. The predicted molar refractivity (Wildman–Crippen MR) is 135 cm³/mol. The van der Waals surface area contributed by atoms with Gasteiger partial charge in [-0.2, -0.15) is 0 Å². The largest absolute Gasteiger partial charge is 0.342 e. The first kappa shape index (κ1) is 23.6. The van der Waals surface area contributed by atoms with E-state index in [1.165, 1.54) is 18.4 Å². The monoisotopic (exact) mass is 464 g/mol. The van der Waals surface area contributed by atoms with Gasteiger partial charge in [-0.1, -0.05) is 66.4 Å². The van der Waals surface area contributed by atoms with Crippen LogP contribution in [0.4, 0.5) is 5.69 Å². The lowest BCUT2D eigenvalue weighted by molar-refractivity contribution is -0.135. The van der Waals surface area contributed by atoms with Crippen molar-refractivity contribution in [3.63, 3.8) is 0 Å². The number of likely N-dealkylation sites (tertiary alicyclic amines) is 1. The van der Waals surface area contributed by atoms with Gasteiger partial charge in [0.25, 0.3) is 0 Å². The fraction of sp³-hybridized carbons (Fsp3) is 0.429. The number of carbonyl (C=O) groups is 2. The van der Waals surface area contributed by atoms with Gasteiger partial charge < -0.3 is 10.2 Å². The zero-order valence-corrected chi connectivity index (χ0v) is 20.2. The van der Waals surface area contributed by atoms with Gasteiger partial charge in [0.05, 0.1) is 5.69 Å². The van der Waals surface area contributed by atoms with Crippen molar-refractivity contribution < 1.29 is 9.59 Å². The van der Waals surface area contributed by atoms with Crippen LogP contribution in [0.25, 0.3) is 6.08 Å². The molecule has 2 aliphatic rings. The minimum Gasteiger partial charge on any atom is -0.342 e. The van der Waals surface area contributed by atoms with Crippen LogP contribution in [0.15, 0.2) is 48.0 Å². The van der Waals surface area contributed by atoms with Crippen LogP contribution in [0, 0.1) is 12.8 Å². The molecule has 1 N–H and O–H groups in total. The molecule has 0 spiro atoms. The lowest BCUT2D eigenvalue weighted by atomic mass is 9.97. The highest BCUT2D eigenvalue weighted by Gasteiger charge is 2.28. The smallest absolute Gasteiger partial charge is 0.225 e. The lowest BCUT2D eigenvalue weighted by Gasteiger charge is -2.30. The molecule has 0 bridgehead atoms. The molecule has 0 unspecified atom stereocenters. The molecule has 2 aromatic carbocycles. The Morgan fingerprint density at radius 1 is 1.09 bits per heavy atom. The molecule has 0 atom stereocenters. The molecule has 1 aliphatic carbocycles. The Balaban J connectivity index is 1.41. The van der Waals surface area contributed by atoms with E-state index < -0.39 is 0 Å². The average molecular weight is 465 g/mol. The van der Waals surface area contributed by atoms with E-state index >= 15 is 0 Å². The summed E-state index contributed by atoms with van der Waals surface area (Å²) in [6.07, 6.45) is 9.49. The molecule has 1 saturated heterocycles. The fourth-order valence-corrected chi connectivity index (χ4v) is 5.25. The molecule has 33 heavy (non-hydrogen) atoms. The van der Waals surface area contributed by atoms with Gasteiger partial charge in [-0.3, -0.25) is 9.59 Å². The molecular weight excluding hydrogens is 432 g/mol. The molecule has 2 fully saturated rings. The molecule has 5 heteroatoms. The van der Waals surface area contributed by atoms with Gasteiger partial charge >= 0.3 is 0 Å². The minimum absolute atomic E-state index is 0.000838. The van der Waals surface area contributed by atoms with Crippen molar-refractivity contribution in [2.45, 2.75) is 58.3 Å². The highest BCUT2D eigenvalue weighted by atomic mass is 35.5. The maximum Gasteiger partial charge on any atom is 0.225 e. The number of halogens is 1. The van der Waals surface area contributed by atoms with E-state index in [2.05, 4.69) is 11.4 Å². The number of aryl methyl sites for hydroxylation is 2. The number of rotatable bonds is 6. The summed E-state index contributed by atoms with van der Waals surface area (Å²) >= 11 is 6.36. The van der Waals surface area contributed by atoms with E-state index in [4.69, 9.17) is 11.6 Å². The molecule has 1 aliphatic heterocycles. The molecule has 1 saturated carbocycles. The zero-order chi connectivity index (χ0) is 23.2. The summed E-state index contributed by atoms with van der Waals surface area (Å²) < 4.78 is 0. The van der Waals surface area contributed by atoms with Crippen LogP contribution in [0.3, 0.4) is 0 Å². The van der Waals surface area contributed by atoms with Crippen molar-refractivity contribution in [1.82, 2.24) is 4.90 Å². The van der Waals surface area contributed by atoms with Crippen LogP contribution >= 0.6 is 11.6 Å². The summed E-state index contributed by atoms with van der Waals surface area (Å²) in [5, 5.41) is 3.79. The van der Waals surface area contributed by atoms with Crippen molar-refractivity contribution in [2.24, 2.45) is 5.92 Å². The second-order valence-corrected chi connectivity index (χ2v) is 9.77. The number of nitrogens with zero attached hydrogens (tertiary/aromatic N) is 1. The van der Waals surface area contributed by atoms with Gasteiger partial charge in [0.15, 0.2) is 0 Å². The first-order valence-electron chi connectivity index (χ1n) is 12.1. The fourth-order valence-electron chi connectivity index (χ4n) is 4.97. The Kier molecular flexibility index (Phi) is 7.87. The van der Waals surface area contributed by atoms with Crippen molar-refractivity contribution >= 4 is 35.2 Å². The van der Waals surface area contributed by atoms with E-state index in [1.807, 2.05) is 54.3 Å². The van der Waals surface area contributed by atoms with Crippen molar-refractivity contribution in [3.8, 4) is 0 Å². The van der Waals surface area contributed by atoms with E-state index in [1.54, 1.807) is 0 Å². The van der Waals surface area contributed by atoms with Gasteiger partial charge in [-0.05, 0) is 67.9 Å². The third-order valence-electron chi connectivity index (χ3n) is 6.86. The van der Waals surface area contributed by atoms with Crippen molar-refractivity contribution in [3.05, 3.63) is 69.8 Å². The topological polar surface area (TPSA) is 49.4 Å². The Hall–Kier alpha value is -2.59. The van der Waals surface area contributed by atoms with Crippen LogP contribution in [-0.2, 0) is 16.0 Å². The molecule has 0 radical (unpaired) electrons. The quantitative estimate of drug-likeness (QED) is 0.536. The lowest BCUT2D eigenvalue weighted by Crippen LogP contribution is -2.39. The van der Waals surface area contributed by atoms with E-state index in [0.717, 1.165) is 61.2 Å². The van der Waals surface area contributed by atoms with E-state index in [0.29, 0.717) is 23.8 Å². The summed E-state index contributed by atoms with van der Waals surface area (Å²) in [5.41, 5.74) is 5.18. The summed E-state index contributed by atoms with van der Waals surface area (Å²) in [6, 6.07) is 13.9. The second-order valence-electron chi connectivity index (χ2n) is 9.33. The molecule has 174 valence electrons. The molecule has 4 nitrogen and oxygen atoms in total. The van der Waals surface area contributed by atoms with Gasteiger partial charge in [0, 0.05) is 30.5 Å². The number of hydrogen-bond acceptors (Lipinski definition) is 2. The second kappa shape index (κ2) is 11.0. The van der Waals surface area contributed by atoms with Crippen LogP contribution in [-0.4, -0.2) is 29.8 Å². The molecular formula is C28H33ClN2O2. The van der Waals surface area contributed by atoms with Crippen LogP contribution in [0.2, 0.25) is 5.02 Å². The standard InChI is InChI=1S/C28H33ClN2O2/c1-20-17-25(29)19-24(27(20)30-26(32)12-11-21-7-3-2-4-8-21)18-22-13-15-31(16-14-22)28(33)23-9-5-6-10-23/h2-4,7-8,17-19,23H,5-6,9-16H2,1H3,(H,30,32). The highest BCUT2D eigenvalue weighted by molar-refractivity contribution is 6.31. The Labute approximate surface area is 202 Å². The van der Waals surface area contributed by atoms with Crippen molar-refractivity contribution in [1.29, 1.82) is 0 Å². The molecule has 4 rings (SSSR count). The SMILES string of the molecule is Cc1cc(Cl)cc(C=C2CCN(C(=O)C3CCCC3)CC2)c1NC(=O)CCc1ccccc1. The van der Waals surface area contributed by atoms with Gasteiger partial charge in [-0.25, -0.2) is 0 Å². The van der Waals surface area contributed by atoms with Crippen LogP contribution in [0.1, 0.15) is 61.6 Å². The maximum atomic E-state index is 12.7. The Morgan fingerprint density at radius 2 is 1.79 bits per heavy atom. The number of anilines is 1. The van der Waals surface area contributed by atoms with E-state index in [-0.39, 0.29) is 11.8 Å². The number of piperidine rings is 1. The summed E-state index contributed by atoms with van der Waals surface area (Å²) in [5.74, 6) is 0.584. The maximum absolute atomic E-state index is 12.7. The minimum atomic E-state index is 0.000838. The first-order chi connectivity index (χ1) is 16.0. The predicted octanol–water partition coefficient (Wildman–Crippen LogP) is 6.42. The summed E-state index contributed by atoms with van der Waals surface area (Å²) in [7, 11) is 0. The number of amides is 2. The number of carbonyl (C=O) groups excluding carboxylic acids is 2. The van der Waals surface area contributed by atoms with Gasteiger partial charge in [-0.15, -0.1) is 0 Å². The molecule has 0 aromatic heterocycles. The zero-order valence-electron chi connectivity index (χ0n) is 19.4. The summed E-state index contributed by atoms with van der Waals surface area (Å²) in [4.78, 5) is 27.5. The van der Waals surface area contributed by atoms with Crippen LogP contribution < -0.4 is 5.32 Å². The third kappa shape index (κ3) is 6.26. The molecule has 2 amide bonds.